The van der Waals surface area contributed by atoms with Crippen molar-refractivity contribution in [2.24, 2.45) is 5.41 Å². The van der Waals surface area contributed by atoms with Gasteiger partial charge >= 0.3 is 0 Å². The van der Waals surface area contributed by atoms with Crippen molar-refractivity contribution in [1.29, 1.82) is 0 Å². The van der Waals surface area contributed by atoms with E-state index in [-0.39, 0.29) is 17.4 Å². The second-order valence-electron chi connectivity index (χ2n) is 7.82. The molecule has 1 aliphatic rings. The smallest absolute Gasteiger partial charge is 0.227 e. The van der Waals surface area contributed by atoms with E-state index in [0.29, 0.717) is 16.5 Å². The lowest BCUT2D eigenvalue weighted by Gasteiger charge is -2.40. The average Bonchev–Trinajstić information content (AvgIpc) is 3.00. The van der Waals surface area contributed by atoms with E-state index in [0.717, 1.165) is 25.2 Å². The van der Waals surface area contributed by atoms with E-state index in [4.69, 9.17) is 23.2 Å². The molecule has 1 saturated heterocycles. The molecule has 134 valence electrons. The summed E-state index contributed by atoms with van der Waals surface area (Å²) in [7, 11) is 1.92. The molecule has 5 heteroatoms. The highest BCUT2D eigenvalue weighted by molar-refractivity contribution is 6.42. The molecule has 0 radical (unpaired) electrons. The molecule has 1 amide bonds. The third kappa shape index (κ3) is 5.11. The maximum atomic E-state index is 12.8. The molecule has 1 aliphatic heterocycles. The van der Waals surface area contributed by atoms with Gasteiger partial charge in [-0.1, -0.05) is 50.0 Å². The largest absolute Gasteiger partial charge is 0.341 e. The van der Waals surface area contributed by atoms with Crippen LogP contribution in [-0.4, -0.2) is 48.4 Å². The van der Waals surface area contributed by atoms with Crippen LogP contribution in [0.1, 0.15) is 39.2 Å². The molecule has 2 rings (SSSR count). The Morgan fingerprint density at radius 3 is 2.38 bits per heavy atom. The molecule has 0 aromatic heterocycles. The molecule has 0 aliphatic carbocycles. The number of benzene rings is 1. The first-order valence-electron chi connectivity index (χ1n) is 8.60. The Balaban J connectivity index is 2.07. The highest BCUT2D eigenvalue weighted by Gasteiger charge is 2.33. The minimum absolute atomic E-state index is 0.0324. The molecule has 1 heterocycles. The minimum atomic E-state index is 0.0324. The summed E-state index contributed by atoms with van der Waals surface area (Å²) in [5, 5.41) is 1.01. The van der Waals surface area contributed by atoms with Gasteiger partial charge in [0.25, 0.3) is 0 Å². The molecule has 1 aromatic rings. The lowest BCUT2D eigenvalue weighted by molar-refractivity contribution is -0.133. The van der Waals surface area contributed by atoms with Crippen molar-refractivity contribution in [2.45, 2.75) is 46.1 Å². The highest BCUT2D eigenvalue weighted by atomic mass is 35.5. The second kappa shape index (κ2) is 8.07. The fourth-order valence-electron chi connectivity index (χ4n) is 3.31. The van der Waals surface area contributed by atoms with Gasteiger partial charge in [-0.05, 0) is 49.0 Å². The minimum Gasteiger partial charge on any atom is -0.341 e. The standard InChI is InChI=1S/C19H28Cl2N2O/c1-19(2,3)17(13-23-9-5-6-10-23)22(4)18(24)12-14-7-8-15(20)16(21)11-14/h7-8,11,17H,5-6,9-10,12-13H2,1-4H3/t17-/m1/s1. The van der Waals surface area contributed by atoms with Crippen molar-refractivity contribution in [3.05, 3.63) is 33.8 Å². The van der Waals surface area contributed by atoms with Crippen LogP contribution in [0.2, 0.25) is 10.0 Å². The lowest BCUT2D eigenvalue weighted by Crippen LogP contribution is -2.51. The monoisotopic (exact) mass is 370 g/mol. The van der Waals surface area contributed by atoms with E-state index >= 15 is 0 Å². The second-order valence-corrected chi connectivity index (χ2v) is 8.63. The predicted octanol–water partition coefficient (Wildman–Crippen LogP) is 4.50. The van der Waals surface area contributed by atoms with Gasteiger partial charge < -0.3 is 9.80 Å². The Labute approximate surface area is 155 Å². The van der Waals surface area contributed by atoms with Crippen molar-refractivity contribution in [3.8, 4) is 0 Å². The Bertz CT molecular complexity index is 577. The number of nitrogens with zero attached hydrogens (tertiary/aromatic N) is 2. The van der Waals surface area contributed by atoms with Crippen molar-refractivity contribution in [2.75, 3.05) is 26.7 Å². The number of carbonyl (C=O) groups is 1. The van der Waals surface area contributed by atoms with Gasteiger partial charge in [0.15, 0.2) is 0 Å². The summed E-state index contributed by atoms with van der Waals surface area (Å²) < 4.78 is 0. The Morgan fingerprint density at radius 2 is 1.83 bits per heavy atom. The molecule has 0 unspecified atom stereocenters. The maximum absolute atomic E-state index is 12.8. The Kier molecular flexibility index (Phi) is 6.58. The van der Waals surface area contributed by atoms with Gasteiger partial charge in [0, 0.05) is 19.6 Å². The van der Waals surface area contributed by atoms with Gasteiger partial charge in [-0.3, -0.25) is 4.79 Å². The van der Waals surface area contributed by atoms with Crippen molar-refractivity contribution in [3.63, 3.8) is 0 Å². The van der Waals surface area contributed by atoms with Gasteiger partial charge in [0.2, 0.25) is 5.91 Å². The topological polar surface area (TPSA) is 23.6 Å². The molecule has 0 bridgehead atoms. The molecular formula is C19H28Cl2N2O. The molecule has 1 aromatic carbocycles. The zero-order chi connectivity index (χ0) is 17.9. The van der Waals surface area contributed by atoms with Crippen LogP contribution in [0.5, 0.6) is 0 Å². The van der Waals surface area contributed by atoms with E-state index in [2.05, 4.69) is 25.7 Å². The van der Waals surface area contributed by atoms with Crippen LogP contribution >= 0.6 is 23.2 Å². The fourth-order valence-corrected chi connectivity index (χ4v) is 3.63. The van der Waals surface area contributed by atoms with E-state index in [1.165, 1.54) is 12.8 Å². The van der Waals surface area contributed by atoms with Gasteiger partial charge in [-0.25, -0.2) is 0 Å². The first kappa shape index (κ1) is 19.6. The summed E-state index contributed by atoms with van der Waals surface area (Å²) in [4.78, 5) is 17.2. The Hall–Kier alpha value is -0.770. The summed E-state index contributed by atoms with van der Waals surface area (Å²) >= 11 is 12.0. The number of amides is 1. The van der Waals surface area contributed by atoms with Crippen molar-refractivity contribution >= 4 is 29.1 Å². The molecule has 0 saturated carbocycles. The molecule has 1 atom stereocenters. The zero-order valence-corrected chi connectivity index (χ0v) is 16.6. The predicted molar refractivity (Wildman–Crippen MR) is 102 cm³/mol. The van der Waals surface area contributed by atoms with Gasteiger partial charge in [-0.2, -0.15) is 0 Å². The van der Waals surface area contributed by atoms with Crippen LogP contribution in [0.15, 0.2) is 18.2 Å². The van der Waals surface area contributed by atoms with E-state index < -0.39 is 0 Å². The summed E-state index contributed by atoms with van der Waals surface area (Å²) in [5.74, 6) is 0.118. The van der Waals surface area contributed by atoms with E-state index in [9.17, 15) is 4.79 Å². The van der Waals surface area contributed by atoms with Crippen LogP contribution in [0.4, 0.5) is 0 Å². The first-order valence-corrected chi connectivity index (χ1v) is 9.36. The average molecular weight is 371 g/mol. The van der Waals surface area contributed by atoms with Gasteiger partial charge in [0.05, 0.1) is 16.5 Å². The van der Waals surface area contributed by atoms with Crippen LogP contribution < -0.4 is 0 Å². The first-order chi connectivity index (χ1) is 11.2. The van der Waals surface area contributed by atoms with Crippen LogP contribution in [-0.2, 0) is 11.2 Å². The SMILES string of the molecule is CN(C(=O)Cc1ccc(Cl)c(Cl)c1)[C@H](CN1CCCC1)C(C)(C)C. The molecule has 24 heavy (non-hydrogen) atoms. The van der Waals surface area contributed by atoms with E-state index in [1.807, 2.05) is 18.0 Å². The highest BCUT2D eigenvalue weighted by Crippen LogP contribution is 2.27. The number of carbonyl (C=O) groups excluding carboxylic acids is 1. The fraction of sp³-hybridized carbons (Fsp3) is 0.632. The number of likely N-dealkylation sites (tertiary alicyclic amines) is 1. The van der Waals surface area contributed by atoms with Gasteiger partial charge in [-0.15, -0.1) is 0 Å². The number of likely N-dealkylation sites (N-methyl/N-ethyl adjacent to an activating group) is 1. The summed E-state index contributed by atoms with van der Waals surface area (Å²) in [6.45, 7) is 9.83. The summed E-state index contributed by atoms with van der Waals surface area (Å²) in [6, 6.07) is 5.58. The number of rotatable bonds is 5. The van der Waals surface area contributed by atoms with Crippen molar-refractivity contribution < 1.29 is 4.79 Å². The quantitative estimate of drug-likeness (QED) is 0.761. The number of hydrogen-bond acceptors (Lipinski definition) is 2. The molecular weight excluding hydrogens is 343 g/mol. The number of hydrogen-bond donors (Lipinski definition) is 0. The third-order valence-electron chi connectivity index (χ3n) is 4.83. The molecule has 1 fully saturated rings. The van der Waals surface area contributed by atoms with Gasteiger partial charge in [0.1, 0.15) is 0 Å². The molecule has 0 spiro atoms. The normalized spacial score (nSPS) is 17.1. The van der Waals surface area contributed by atoms with Crippen LogP contribution in [0.3, 0.4) is 0 Å². The van der Waals surface area contributed by atoms with Crippen molar-refractivity contribution in [1.82, 2.24) is 9.80 Å². The molecule has 3 nitrogen and oxygen atoms in total. The lowest BCUT2D eigenvalue weighted by atomic mass is 9.85. The Morgan fingerprint density at radius 1 is 1.21 bits per heavy atom. The van der Waals surface area contributed by atoms with E-state index in [1.54, 1.807) is 12.1 Å². The summed E-state index contributed by atoms with van der Waals surface area (Å²) in [6.07, 6.45) is 2.87. The zero-order valence-electron chi connectivity index (χ0n) is 15.1. The summed E-state index contributed by atoms with van der Waals surface area (Å²) in [5.41, 5.74) is 0.931. The number of halogens is 2. The van der Waals surface area contributed by atoms with Crippen LogP contribution in [0, 0.1) is 5.41 Å². The third-order valence-corrected chi connectivity index (χ3v) is 5.57. The van der Waals surface area contributed by atoms with Crippen LogP contribution in [0.25, 0.3) is 0 Å². The molecule has 0 N–H and O–H groups in total. The maximum Gasteiger partial charge on any atom is 0.227 e.